The summed E-state index contributed by atoms with van der Waals surface area (Å²) in [6.07, 6.45) is 0.852. The number of ether oxygens (including phenoxy) is 1. The molecule has 0 spiro atoms. The lowest BCUT2D eigenvalue weighted by Crippen LogP contribution is -2.37. The first-order chi connectivity index (χ1) is 8.49. The van der Waals surface area contributed by atoms with Crippen molar-refractivity contribution in [3.8, 4) is 0 Å². The summed E-state index contributed by atoms with van der Waals surface area (Å²) in [5, 5.41) is 0. The lowest BCUT2D eigenvalue weighted by atomic mass is 10.0. The maximum Gasteiger partial charge on any atom is 0.179 e. The quantitative estimate of drug-likeness (QED) is 0.889. The maximum absolute atomic E-state index is 12.2. The SMILES string of the molecule is Cc1ccc(S(=O)(=O)CC(N)C2CCOC2)cc1. The number of sulfone groups is 1. The smallest absolute Gasteiger partial charge is 0.179 e. The molecule has 1 aromatic carbocycles. The second-order valence-corrected chi connectivity index (χ2v) is 6.92. The van der Waals surface area contributed by atoms with E-state index in [-0.39, 0.29) is 17.7 Å². The van der Waals surface area contributed by atoms with Crippen molar-refractivity contribution in [3.63, 3.8) is 0 Å². The zero-order chi connectivity index (χ0) is 13.2. The van der Waals surface area contributed by atoms with Crippen LogP contribution >= 0.6 is 0 Å². The molecule has 0 aliphatic carbocycles. The van der Waals surface area contributed by atoms with Crippen LogP contribution in [0.2, 0.25) is 0 Å². The molecule has 5 heteroatoms. The third-order valence-corrected chi connectivity index (χ3v) is 5.18. The largest absolute Gasteiger partial charge is 0.381 e. The summed E-state index contributed by atoms with van der Waals surface area (Å²) in [6, 6.07) is 6.54. The predicted octanol–water partition coefficient (Wildman–Crippen LogP) is 1.13. The first kappa shape index (κ1) is 13.5. The van der Waals surface area contributed by atoms with Crippen LogP contribution in [-0.2, 0) is 14.6 Å². The van der Waals surface area contributed by atoms with Gasteiger partial charge in [-0.3, -0.25) is 0 Å². The van der Waals surface area contributed by atoms with Gasteiger partial charge in [0.25, 0.3) is 0 Å². The molecule has 2 rings (SSSR count). The van der Waals surface area contributed by atoms with Crippen molar-refractivity contribution in [2.75, 3.05) is 19.0 Å². The van der Waals surface area contributed by atoms with Gasteiger partial charge in [0.1, 0.15) is 0 Å². The van der Waals surface area contributed by atoms with Gasteiger partial charge in [0.05, 0.1) is 17.3 Å². The zero-order valence-electron chi connectivity index (χ0n) is 10.5. The van der Waals surface area contributed by atoms with Crippen LogP contribution in [0.15, 0.2) is 29.2 Å². The standard InChI is InChI=1S/C13H19NO3S/c1-10-2-4-12(5-3-10)18(15,16)9-13(14)11-6-7-17-8-11/h2-5,11,13H,6-9,14H2,1H3. The molecule has 2 atom stereocenters. The van der Waals surface area contributed by atoms with E-state index in [0.29, 0.717) is 18.1 Å². The Morgan fingerprint density at radius 1 is 1.39 bits per heavy atom. The highest BCUT2D eigenvalue weighted by Crippen LogP contribution is 2.19. The summed E-state index contributed by atoms with van der Waals surface area (Å²) in [7, 11) is -3.29. The van der Waals surface area contributed by atoms with Crippen molar-refractivity contribution in [2.24, 2.45) is 11.7 Å². The van der Waals surface area contributed by atoms with Crippen molar-refractivity contribution >= 4 is 9.84 Å². The van der Waals surface area contributed by atoms with E-state index in [4.69, 9.17) is 10.5 Å². The summed E-state index contributed by atoms with van der Waals surface area (Å²) in [4.78, 5) is 0.350. The predicted molar refractivity (Wildman–Crippen MR) is 70.1 cm³/mol. The maximum atomic E-state index is 12.2. The van der Waals surface area contributed by atoms with Gasteiger partial charge in [0.2, 0.25) is 0 Å². The molecule has 0 aromatic heterocycles. The molecule has 18 heavy (non-hydrogen) atoms. The second kappa shape index (κ2) is 5.38. The summed E-state index contributed by atoms with van der Waals surface area (Å²) in [5.41, 5.74) is 7.02. The van der Waals surface area contributed by atoms with Gasteiger partial charge in [-0.1, -0.05) is 17.7 Å². The summed E-state index contributed by atoms with van der Waals surface area (Å²) in [6.45, 7) is 3.19. The molecule has 0 amide bonds. The van der Waals surface area contributed by atoms with Crippen LogP contribution in [0.5, 0.6) is 0 Å². The van der Waals surface area contributed by atoms with Gasteiger partial charge in [-0.2, -0.15) is 0 Å². The van der Waals surface area contributed by atoms with Crippen molar-refractivity contribution in [1.82, 2.24) is 0 Å². The van der Waals surface area contributed by atoms with Crippen molar-refractivity contribution < 1.29 is 13.2 Å². The molecule has 1 heterocycles. The average Bonchev–Trinajstić information content (AvgIpc) is 2.82. The molecule has 1 saturated heterocycles. The van der Waals surface area contributed by atoms with Crippen LogP contribution < -0.4 is 5.73 Å². The minimum Gasteiger partial charge on any atom is -0.381 e. The van der Waals surface area contributed by atoms with Gasteiger partial charge in [-0.25, -0.2) is 8.42 Å². The topological polar surface area (TPSA) is 69.4 Å². The van der Waals surface area contributed by atoms with Gasteiger partial charge in [0, 0.05) is 18.6 Å². The molecular weight excluding hydrogens is 250 g/mol. The van der Waals surface area contributed by atoms with Crippen LogP contribution in [0.3, 0.4) is 0 Å². The van der Waals surface area contributed by atoms with E-state index in [2.05, 4.69) is 0 Å². The van der Waals surface area contributed by atoms with E-state index in [1.165, 1.54) is 0 Å². The lowest BCUT2D eigenvalue weighted by molar-refractivity contribution is 0.182. The minimum atomic E-state index is -3.29. The van der Waals surface area contributed by atoms with E-state index >= 15 is 0 Å². The molecule has 2 N–H and O–H groups in total. The second-order valence-electron chi connectivity index (χ2n) is 4.88. The van der Waals surface area contributed by atoms with Crippen LogP contribution in [0.25, 0.3) is 0 Å². The van der Waals surface area contributed by atoms with E-state index in [1.54, 1.807) is 24.3 Å². The zero-order valence-corrected chi connectivity index (χ0v) is 11.3. The Morgan fingerprint density at radius 3 is 2.61 bits per heavy atom. The van der Waals surface area contributed by atoms with Crippen molar-refractivity contribution in [1.29, 1.82) is 0 Å². The van der Waals surface area contributed by atoms with Crippen LogP contribution in [0, 0.1) is 12.8 Å². The van der Waals surface area contributed by atoms with E-state index in [0.717, 1.165) is 12.0 Å². The molecule has 0 saturated carbocycles. The Balaban J connectivity index is 2.09. The molecule has 0 bridgehead atoms. The Morgan fingerprint density at radius 2 is 2.06 bits per heavy atom. The molecule has 100 valence electrons. The number of hydrogen-bond acceptors (Lipinski definition) is 4. The van der Waals surface area contributed by atoms with Gasteiger partial charge in [0.15, 0.2) is 9.84 Å². The molecule has 1 fully saturated rings. The van der Waals surface area contributed by atoms with Gasteiger partial charge in [-0.15, -0.1) is 0 Å². The third kappa shape index (κ3) is 3.10. The number of hydrogen-bond donors (Lipinski definition) is 1. The van der Waals surface area contributed by atoms with Crippen molar-refractivity contribution in [2.45, 2.75) is 24.3 Å². The molecule has 4 nitrogen and oxygen atoms in total. The monoisotopic (exact) mass is 269 g/mol. The fraction of sp³-hybridized carbons (Fsp3) is 0.538. The number of nitrogens with two attached hydrogens (primary N) is 1. The highest BCUT2D eigenvalue weighted by molar-refractivity contribution is 7.91. The van der Waals surface area contributed by atoms with E-state index in [1.807, 2.05) is 6.92 Å². The van der Waals surface area contributed by atoms with Gasteiger partial charge in [-0.05, 0) is 25.5 Å². The van der Waals surface area contributed by atoms with Crippen molar-refractivity contribution in [3.05, 3.63) is 29.8 Å². The van der Waals surface area contributed by atoms with E-state index < -0.39 is 9.84 Å². The van der Waals surface area contributed by atoms with Crippen LogP contribution in [-0.4, -0.2) is 33.4 Å². The van der Waals surface area contributed by atoms with Gasteiger partial charge >= 0.3 is 0 Å². The number of benzene rings is 1. The molecular formula is C13H19NO3S. The van der Waals surface area contributed by atoms with Crippen LogP contribution in [0.4, 0.5) is 0 Å². The first-order valence-electron chi connectivity index (χ1n) is 6.12. The third-order valence-electron chi connectivity index (χ3n) is 3.36. The van der Waals surface area contributed by atoms with Gasteiger partial charge < -0.3 is 10.5 Å². The Bertz CT molecular complexity index is 489. The first-order valence-corrected chi connectivity index (χ1v) is 7.77. The fourth-order valence-electron chi connectivity index (χ4n) is 2.12. The number of aryl methyl sites for hydroxylation is 1. The highest BCUT2D eigenvalue weighted by Gasteiger charge is 2.27. The lowest BCUT2D eigenvalue weighted by Gasteiger charge is -2.17. The fourth-order valence-corrected chi connectivity index (χ4v) is 3.64. The molecule has 1 aromatic rings. The summed E-state index contributed by atoms with van der Waals surface area (Å²) < 4.78 is 29.6. The molecule has 1 aliphatic rings. The number of rotatable bonds is 4. The average molecular weight is 269 g/mol. The van der Waals surface area contributed by atoms with E-state index in [9.17, 15) is 8.42 Å². The minimum absolute atomic E-state index is 0.00983. The Labute approximate surface area is 108 Å². The molecule has 0 radical (unpaired) electrons. The normalized spacial score (nSPS) is 22.0. The molecule has 2 unspecified atom stereocenters. The summed E-state index contributed by atoms with van der Waals surface area (Å²) >= 11 is 0. The van der Waals surface area contributed by atoms with Crippen LogP contribution in [0.1, 0.15) is 12.0 Å². The Kier molecular flexibility index (Phi) is 4.04. The highest BCUT2D eigenvalue weighted by atomic mass is 32.2. The summed E-state index contributed by atoms with van der Waals surface area (Å²) in [5.74, 6) is 0.148. The molecule has 1 aliphatic heterocycles. The Hall–Kier alpha value is -0.910.